The average Bonchev–Trinajstić information content (AvgIpc) is 3.02. The van der Waals surface area contributed by atoms with Crippen molar-refractivity contribution in [3.63, 3.8) is 0 Å². The van der Waals surface area contributed by atoms with Crippen molar-refractivity contribution in [2.75, 3.05) is 11.2 Å². The Kier molecular flexibility index (Phi) is 6.09. The Morgan fingerprint density at radius 1 is 1.25 bits per heavy atom. The number of hydrogen-bond acceptors (Lipinski definition) is 6. The molecule has 142 valence electrons. The molecule has 1 amide bonds. The van der Waals surface area contributed by atoms with Gasteiger partial charge in [0.05, 0.1) is 20.9 Å². The Balaban J connectivity index is 1.72. The van der Waals surface area contributed by atoms with Crippen LogP contribution in [0.3, 0.4) is 0 Å². The third-order valence-electron chi connectivity index (χ3n) is 3.79. The Morgan fingerprint density at radius 3 is 2.68 bits per heavy atom. The van der Waals surface area contributed by atoms with E-state index in [1.165, 1.54) is 10.7 Å². The van der Waals surface area contributed by atoms with Crippen LogP contribution < -0.4 is 11.2 Å². The zero-order chi connectivity index (χ0) is 20.3. The van der Waals surface area contributed by atoms with E-state index >= 15 is 0 Å². The van der Waals surface area contributed by atoms with Gasteiger partial charge in [-0.25, -0.2) is 4.68 Å². The van der Waals surface area contributed by atoms with Gasteiger partial charge in [0.1, 0.15) is 6.07 Å². The Morgan fingerprint density at radius 2 is 2.00 bits per heavy atom. The normalized spacial score (nSPS) is 11.6. The number of carbonyl (C=O) groups excluding carboxylic acids is 1. The highest BCUT2D eigenvalue weighted by Crippen LogP contribution is 2.29. The van der Waals surface area contributed by atoms with Crippen LogP contribution in [0.4, 0.5) is 5.69 Å². The lowest BCUT2D eigenvalue weighted by Crippen LogP contribution is -2.23. The monoisotopic (exact) mass is 432 g/mol. The molecule has 1 atom stereocenters. The minimum Gasteiger partial charge on any atom is -0.335 e. The number of anilines is 1. The highest BCUT2D eigenvalue weighted by atomic mass is 35.5. The number of nitriles is 1. The lowest BCUT2D eigenvalue weighted by molar-refractivity contribution is -0.115. The number of nitrogen functional groups attached to an aromatic ring is 1. The number of halogens is 2. The largest absolute Gasteiger partial charge is 0.335 e. The number of thioether (sulfide) groups is 1. The van der Waals surface area contributed by atoms with Gasteiger partial charge in [-0.15, -0.1) is 10.2 Å². The first-order chi connectivity index (χ1) is 13.4. The fourth-order valence-electron chi connectivity index (χ4n) is 2.32. The molecule has 1 unspecified atom stereocenters. The molecule has 2 aromatic carbocycles. The fraction of sp³-hybridized carbons (Fsp3) is 0.111. The average molecular weight is 433 g/mol. The van der Waals surface area contributed by atoms with Crippen LogP contribution in [0.2, 0.25) is 10.0 Å². The number of hydrogen-bond donors (Lipinski definition) is 2. The Hall–Kier alpha value is -2.73. The molecule has 0 aliphatic heterocycles. The molecule has 3 rings (SSSR count). The van der Waals surface area contributed by atoms with Crippen LogP contribution in [0.15, 0.2) is 47.6 Å². The van der Waals surface area contributed by atoms with E-state index in [1.54, 1.807) is 37.3 Å². The van der Waals surface area contributed by atoms with Crippen LogP contribution in [-0.4, -0.2) is 26.0 Å². The number of aromatic nitrogens is 3. The van der Waals surface area contributed by atoms with E-state index in [9.17, 15) is 4.79 Å². The number of carbonyl (C=O) groups is 1. The quantitative estimate of drug-likeness (QED) is 0.466. The lowest BCUT2D eigenvalue weighted by atomic mass is 10.2. The van der Waals surface area contributed by atoms with Crippen LogP contribution in [0.25, 0.3) is 11.4 Å². The van der Waals surface area contributed by atoms with Gasteiger partial charge in [-0.2, -0.15) is 5.26 Å². The van der Waals surface area contributed by atoms with E-state index in [2.05, 4.69) is 15.5 Å². The van der Waals surface area contributed by atoms with E-state index in [1.807, 2.05) is 12.1 Å². The van der Waals surface area contributed by atoms with Crippen molar-refractivity contribution in [3.05, 3.63) is 58.1 Å². The van der Waals surface area contributed by atoms with E-state index in [0.29, 0.717) is 32.8 Å². The summed E-state index contributed by atoms with van der Waals surface area (Å²) in [6.45, 7) is 1.72. The molecule has 0 radical (unpaired) electrons. The zero-order valence-electron chi connectivity index (χ0n) is 14.6. The second kappa shape index (κ2) is 8.52. The second-order valence-electron chi connectivity index (χ2n) is 5.71. The van der Waals surface area contributed by atoms with E-state index in [-0.39, 0.29) is 10.9 Å². The topological polar surface area (TPSA) is 110 Å². The van der Waals surface area contributed by atoms with Gasteiger partial charge >= 0.3 is 0 Å². The van der Waals surface area contributed by atoms with Crippen molar-refractivity contribution in [2.24, 2.45) is 0 Å². The van der Waals surface area contributed by atoms with Crippen LogP contribution in [-0.2, 0) is 4.79 Å². The summed E-state index contributed by atoms with van der Waals surface area (Å²) in [5.74, 6) is 6.22. The molecular weight excluding hydrogens is 419 g/mol. The summed E-state index contributed by atoms with van der Waals surface area (Å²) < 4.78 is 1.30. The molecular formula is C18H14Cl2N6OS. The molecule has 0 aliphatic carbocycles. The molecule has 1 heterocycles. The zero-order valence-corrected chi connectivity index (χ0v) is 16.9. The van der Waals surface area contributed by atoms with Crippen molar-refractivity contribution in [1.29, 1.82) is 5.26 Å². The third-order valence-corrected chi connectivity index (χ3v) is 5.49. The lowest BCUT2D eigenvalue weighted by Gasteiger charge is -2.12. The van der Waals surface area contributed by atoms with E-state index in [4.69, 9.17) is 34.3 Å². The molecule has 10 heteroatoms. The molecule has 0 fully saturated rings. The summed E-state index contributed by atoms with van der Waals surface area (Å²) in [7, 11) is 0. The summed E-state index contributed by atoms with van der Waals surface area (Å²) in [5, 5.41) is 20.4. The minimum atomic E-state index is -0.514. The first-order valence-electron chi connectivity index (χ1n) is 8.03. The summed E-state index contributed by atoms with van der Waals surface area (Å²) in [6, 6.07) is 13.8. The van der Waals surface area contributed by atoms with Crippen molar-refractivity contribution < 1.29 is 4.79 Å². The maximum Gasteiger partial charge on any atom is 0.237 e. The summed E-state index contributed by atoms with van der Waals surface area (Å²) in [4.78, 5) is 12.5. The molecule has 3 N–H and O–H groups in total. The van der Waals surface area contributed by atoms with Gasteiger partial charge in [0, 0.05) is 11.3 Å². The SMILES string of the molecule is CC(Sc1nnc(-c2ccccc2Cl)n1N)C(=O)Nc1ccc(C#N)c(Cl)c1. The number of nitrogens with one attached hydrogen (secondary N) is 1. The van der Waals surface area contributed by atoms with Crippen LogP contribution in [0.1, 0.15) is 12.5 Å². The van der Waals surface area contributed by atoms with Crippen molar-refractivity contribution in [1.82, 2.24) is 14.9 Å². The molecule has 0 saturated heterocycles. The van der Waals surface area contributed by atoms with Gasteiger partial charge in [0.2, 0.25) is 11.1 Å². The van der Waals surface area contributed by atoms with Gasteiger partial charge in [0.25, 0.3) is 0 Å². The molecule has 1 aromatic heterocycles. The van der Waals surface area contributed by atoms with E-state index < -0.39 is 5.25 Å². The summed E-state index contributed by atoms with van der Waals surface area (Å²) >= 11 is 13.3. The fourth-order valence-corrected chi connectivity index (χ4v) is 3.54. The number of rotatable bonds is 5. The molecule has 0 bridgehead atoms. The first kappa shape index (κ1) is 20.0. The standard InChI is InChI=1S/C18H14Cl2N6OS/c1-10(17(27)23-12-7-6-11(9-21)15(20)8-12)28-18-25-24-16(26(18)22)13-4-2-3-5-14(13)19/h2-8,10H,22H2,1H3,(H,23,27). The molecule has 28 heavy (non-hydrogen) atoms. The van der Waals surface area contributed by atoms with Crippen molar-refractivity contribution in [3.8, 4) is 17.5 Å². The predicted molar refractivity (Wildman–Crippen MR) is 111 cm³/mol. The molecule has 0 saturated carbocycles. The van der Waals surface area contributed by atoms with Crippen LogP contribution >= 0.6 is 35.0 Å². The molecule has 0 aliphatic rings. The summed E-state index contributed by atoms with van der Waals surface area (Å²) in [5.41, 5.74) is 1.48. The van der Waals surface area contributed by atoms with E-state index in [0.717, 1.165) is 11.8 Å². The minimum absolute atomic E-state index is 0.270. The predicted octanol–water partition coefficient (Wildman–Crippen LogP) is 3.96. The first-order valence-corrected chi connectivity index (χ1v) is 9.67. The maximum absolute atomic E-state index is 12.5. The Bertz CT molecular complexity index is 1080. The smallest absolute Gasteiger partial charge is 0.237 e. The number of nitrogens with two attached hydrogens (primary N) is 1. The van der Waals surface area contributed by atoms with Gasteiger partial charge < -0.3 is 11.2 Å². The number of benzene rings is 2. The van der Waals surface area contributed by atoms with Gasteiger partial charge in [-0.3, -0.25) is 4.79 Å². The van der Waals surface area contributed by atoms with Gasteiger partial charge in [0.15, 0.2) is 5.82 Å². The van der Waals surface area contributed by atoms with Crippen LogP contribution in [0.5, 0.6) is 0 Å². The van der Waals surface area contributed by atoms with Crippen molar-refractivity contribution >= 4 is 46.6 Å². The second-order valence-corrected chi connectivity index (χ2v) is 7.83. The van der Waals surface area contributed by atoms with Gasteiger partial charge in [-0.1, -0.05) is 47.1 Å². The van der Waals surface area contributed by atoms with Crippen LogP contribution in [0, 0.1) is 11.3 Å². The van der Waals surface area contributed by atoms with Gasteiger partial charge in [-0.05, 0) is 37.3 Å². The molecule has 0 spiro atoms. The molecule has 7 nitrogen and oxygen atoms in total. The third kappa shape index (κ3) is 4.22. The molecule has 3 aromatic rings. The highest BCUT2D eigenvalue weighted by Gasteiger charge is 2.21. The highest BCUT2D eigenvalue weighted by molar-refractivity contribution is 8.00. The number of amides is 1. The summed E-state index contributed by atoms with van der Waals surface area (Å²) in [6.07, 6.45) is 0. The Labute approximate surface area is 175 Å². The van der Waals surface area contributed by atoms with Crippen molar-refractivity contribution in [2.45, 2.75) is 17.3 Å². The number of nitrogens with zero attached hydrogens (tertiary/aromatic N) is 4. The maximum atomic E-state index is 12.5.